The normalized spacial score (nSPS) is 18.8. The van der Waals surface area contributed by atoms with Gasteiger partial charge in [-0.15, -0.1) is 0 Å². The molecule has 1 aromatic rings. The molecule has 0 aromatic carbocycles. The molecular formula is C13H19N3O. The van der Waals surface area contributed by atoms with Gasteiger partial charge in [0.05, 0.1) is 18.5 Å². The highest BCUT2D eigenvalue weighted by Crippen LogP contribution is 2.26. The van der Waals surface area contributed by atoms with Crippen LogP contribution in [0.25, 0.3) is 0 Å². The third kappa shape index (κ3) is 2.87. The van der Waals surface area contributed by atoms with Crippen molar-refractivity contribution in [2.45, 2.75) is 25.8 Å². The summed E-state index contributed by atoms with van der Waals surface area (Å²) >= 11 is 0. The third-order valence-electron chi connectivity index (χ3n) is 3.24. The molecule has 1 fully saturated rings. The minimum Gasteiger partial charge on any atom is -0.464 e. The Hall–Kier alpha value is -1.31. The van der Waals surface area contributed by atoms with Gasteiger partial charge < -0.3 is 9.73 Å². The van der Waals surface area contributed by atoms with Crippen LogP contribution in [0.15, 0.2) is 16.5 Å². The first-order valence-corrected chi connectivity index (χ1v) is 6.25. The monoisotopic (exact) mass is 233 g/mol. The summed E-state index contributed by atoms with van der Waals surface area (Å²) in [7, 11) is 0. The lowest BCUT2D eigenvalue weighted by Gasteiger charge is -2.32. The largest absolute Gasteiger partial charge is 0.464 e. The number of nitrogens with one attached hydrogen (secondary N) is 1. The molecule has 1 aliphatic rings. The van der Waals surface area contributed by atoms with E-state index in [2.05, 4.69) is 23.2 Å². The molecule has 0 amide bonds. The SMILES string of the molecule is CCc1ccc([C@@H](CC#N)N2CCNCC2)o1. The molecule has 0 radical (unpaired) electrons. The average Bonchev–Trinajstić information content (AvgIpc) is 2.85. The van der Waals surface area contributed by atoms with Gasteiger partial charge in [0.15, 0.2) is 0 Å². The number of rotatable bonds is 4. The van der Waals surface area contributed by atoms with Crippen LogP contribution >= 0.6 is 0 Å². The van der Waals surface area contributed by atoms with Crippen LogP contribution in [0, 0.1) is 11.3 Å². The van der Waals surface area contributed by atoms with Crippen molar-refractivity contribution in [3.05, 3.63) is 23.7 Å². The Balaban J connectivity index is 2.12. The summed E-state index contributed by atoms with van der Waals surface area (Å²) in [6.07, 6.45) is 1.40. The molecule has 2 heterocycles. The summed E-state index contributed by atoms with van der Waals surface area (Å²) in [5, 5.41) is 12.3. The minimum absolute atomic E-state index is 0.113. The lowest BCUT2D eigenvalue weighted by Crippen LogP contribution is -2.45. The van der Waals surface area contributed by atoms with Gasteiger partial charge in [-0.3, -0.25) is 4.90 Å². The van der Waals surface area contributed by atoms with Crippen LogP contribution in [-0.2, 0) is 6.42 Å². The van der Waals surface area contributed by atoms with Crippen LogP contribution in [-0.4, -0.2) is 31.1 Å². The van der Waals surface area contributed by atoms with E-state index >= 15 is 0 Å². The molecule has 0 saturated carbocycles. The molecule has 0 aliphatic carbocycles. The Bertz CT molecular complexity index is 388. The van der Waals surface area contributed by atoms with Gasteiger partial charge in [-0.2, -0.15) is 5.26 Å². The summed E-state index contributed by atoms with van der Waals surface area (Å²) in [6.45, 7) is 6.02. The zero-order valence-electron chi connectivity index (χ0n) is 10.3. The topological polar surface area (TPSA) is 52.2 Å². The number of nitriles is 1. The van der Waals surface area contributed by atoms with E-state index < -0.39 is 0 Å². The summed E-state index contributed by atoms with van der Waals surface area (Å²) < 4.78 is 5.79. The Morgan fingerprint density at radius 1 is 1.47 bits per heavy atom. The van der Waals surface area contributed by atoms with Crippen molar-refractivity contribution < 1.29 is 4.42 Å². The molecule has 92 valence electrons. The quantitative estimate of drug-likeness (QED) is 0.860. The van der Waals surface area contributed by atoms with Gasteiger partial charge in [-0.25, -0.2) is 0 Å². The molecule has 0 spiro atoms. The highest BCUT2D eigenvalue weighted by atomic mass is 16.3. The van der Waals surface area contributed by atoms with Crippen molar-refractivity contribution in [3.8, 4) is 6.07 Å². The molecule has 17 heavy (non-hydrogen) atoms. The van der Waals surface area contributed by atoms with E-state index in [1.54, 1.807) is 0 Å². The van der Waals surface area contributed by atoms with E-state index in [1.165, 1.54) is 0 Å². The zero-order chi connectivity index (χ0) is 12.1. The van der Waals surface area contributed by atoms with Crippen molar-refractivity contribution in [1.82, 2.24) is 10.2 Å². The number of hydrogen-bond acceptors (Lipinski definition) is 4. The second kappa shape index (κ2) is 5.85. The van der Waals surface area contributed by atoms with Gasteiger partial charge in [0.2, 0.25) is 0 Å². The summed E-state index contributed by atoms with van der Waals surface area (Å²) in [6, 6.07) is 6.41. The molecule has 1 aliphatic heterocycles. The first-order chi connectivity index (χ1) is 8.35. The number of furan rings is 1. The van der Waals surface area contributed by atoms with E-state index in [9.17, 15) is 0 Å². The van der Waals surface area contributed by atoms with E-state index in [0.29, 0.717) is 6.42 Å². The molecule has 0 bridgehead atoms. The standard InChI is InChI=1S/C13H19N3O/c1-2-11-3-4-13(17-11)12(5-6-14)16-9-7-15-8-10-16/h3-4,12,15H,2,5,7-10H2,1H3/t12-/m1/s1. The zero-order valence-corrected chi connectivity index (χ0v) is 10.3. The number of hydrogen-bond donors (Lipinski definition) is 1. The van der Waals surface area contributed by atoms with Crippen LogP contribution in [0.5, 0.6) is 0 Å². The number of nitrogens with zero attached hydrogens (tertiary/aromatic N) is 2. The van der Waals surface area contributed by atoms with Crippen LogP contribution in [0.4, 0.5) is 0 Å². The van der Waals surface area contributed by atoms with Crippen molar-refractivity contribution in [2.75, 3.05) is 26.2 Å². The molecule has 1 atom stereocenters. The van der Waals surface area contributed by atoms with Crippen molar-refractivity contribution in [3.63, 3.8) is 0 Å². The maximum Gasteiger partial charge on any atom is 0.122 e. The van der Waals surface area contributed by atoms with E-state index in [-0.39, 0.29) is 6.04 Å². The van der Waals surface area contributed by atoms with E-state index in [4.69, 9.17) is 9.68 Å². The van der Waals surface area contributed by atoms with Crippen LogP contribution in [0.2, 0.25) is 0 Å². The number of piperazine rings is 1. The Labute approximate surface area is 102 Å². The maximum absolute atomic E-state index is 8.96. The van der Waals surface area contributed by atoms with Gasteiger partial charge in [-0.05, 0) is 12.1 Å². The smallest absolute Gasteiger partial charge is 0.122 e. The molecule has 4 nitrogen and oxygen atoms in total. The number of aryl methyl sites for hydroxylation is 1. The lowest BCUT2D eigenvalue weighted by molar-refractivity contribution is 0.155. The molecule has 1 aromatic heterocycles. The van der Waals surface area contributed by atoms with Crippen LogP contribution in [0.3, 0.4) is 0 Å². The second-order valence-corrected chi connectivity index (χ2v) is 4.32. The fraction of sp³-hybridized carbons (Fsp3) is 0.615. The van der Waals surface area contributed by atoms with E-state index in [0.717, 1.165) is 44.1 Å². The second-order valence-electron chi connectivity index (χ2n) is 4.32. The third-order valence-corrected chi connectivity index (χ3v) is 3.24. The average molecular weight is 233 g/mol. The van der Waals surface area contributed by atoms with Crippen molar-refractivity contribution in [1.29, 1.82) is 5.26 Å². The van der Waals surface area contributed by atoms with Crippen LogP contribution in [0.1, 0.15) is 30.9 Å². The first kappa shape index (κ1) is 12.2. The summed E-state index contributed by atoms with van der Waals surface area (Å²) in [4.78, 5) is 2.33. The highest BCUT2D eigenvalue weighted by molar-refractivity contribution is 5.12. The minimum atomic E-state index is 0.113. The molecule has 1 saturated heterocycles. The summed E-state index contributed by atoms with van der Waals surface area (Å²) in [5.74, 6) is 1.93. The first-order valence-electron chi connectivity index (χ1n) is 6.25. The van der Waals surface area contributed by atoms with Crippen molar-refractivity contribution >= 4 is 0 Å². The van der Waals surface area contributed by atoms with Gasteiger partial charge in [-0.1, -0.05) is 6.92 Å². The molecule has 1 N–H and O–H groups in total. The fourth-order valence-corrected chi connectivity index (χ4v) is 2.25. The maximum atomic E-state index is 8.96. The van der Waals surface area contributed by atoms with Crippen LogP contribution < -0.4 is 5.32 Å². The molecular weight excluding hydrogens is 214 g/mol. The van der Waals surface area contributed by atoms with Gasteiger partial charge >= 0.3 is 0 Å². The fourth-order valence-electron chi connectivity index (χ4n) is 2.25. The van der Waals surface area contributed by atoms with Crippen molar-refractivity contribution in [2.24, 2.45) is 0 Å². The molecule has 4 heteroatoms. The molecule has 0 unspecified atom stereocenters. The van der Waals surface area contributed by atoms with Gasteiger partial charge in [0, 0.05) is 32.6 Å². The van der Waals surface area contributed by atoms with Gasteiger partial charge in [0.25, 0.3) is 0 Å². The van der Waals surface area contributed by atoms with E-state index in [1.807, 2.05) is 12.1 Å². The Morgan fingerprint density at radius 3 is 2.82 bits per heavy atom. The highest BCUT2D eigenvalue weighted by Gasteiger charge is 2.24. The summed E-state index contributed by atoms with van der Waals surface area (Å²) in [5.41, 5.74) is 0. The Kier molecular flexibility index (Phi) is 4.18. The Morgan fingerprint density at radius 2 is 2.24 bits per heavy atom. The van der Waals surface area contributed by atoms with Gasteiger partial charge in [0.1, 0.15) is 11.5 Å². The predicted octanol–water partition coefficient (Wildman–Crippen LogP) is 1.70. The predicted molar refractivity (Wildman–Crippen MR) is 65.5 cm³/mol. The lowest BCUT2D eigenvalue weighted by atomic mass is 10.1. The molecule has 2 rings (SSSR count).